The van der Waals surface area contributed by atoms with E-state index in [-0.39, 0.29) is 11.4 Å². The fraction of sp³-hybridized carbons (Fsp3) is 0.417. The highest BCUT2D eigenvalue weighted by atomic mass is 32.1. The van der Waals surface area contributed by atoms with Gasteiger partial charge in [-0.1, -0.05) is 38.5 Å². The van der Waals surface area contributed by atoms with E-state index >= 15 is 0 Å². The van der Waals surface area contributed by atoms with Gasteiger partial charge in [-0.3, -0.25) is 9.69 Å². The van der Waals surface area contributed by atoms with Crippen LogP contribution >= 0.6 is 11.3 Å². The molecule has 0 unspecified atom stereocenters. The number of anilines is 1. The van der Waals surface area contributed by atoms with Gasteiger partial charge in [0.05, 0.1) is 11.3 Å². The van der Waals surface area contributed by atoms with E-state index in [4.69, 9.17) is 4.74 Å². The maximum atomic E-state index is 14.2. The molecule has 0 spiro atoms. The maximum Gasteiger partial charge on any atom is 0.260 e. The molecule has 0 N–H and O–H groups in total. The van der Waals surface area contributed by atoms with Gasteiger partial charge >= 0.3 is 0 Å². The van der Waals surface area contributed by atoms with Gasteiger partial charge < -0.3 is 9.64 Å². The van der Waals surface area contributed by atoms with Crippen LogP contribution in [0.1, 0.15) is 44.0 Å². The molecule has 3 aromatic rings. The summed E-state index contributed by atoms with van der Waals surface area (Å²) in [4.78, 5) is 21.5. The van der Waals surface area contributed by atoms with Gasteiger partial charge in [-0.05, 0) is 49.8 Å². The van der Waals surface area contributed by atoms with Gasteiger partial charge in [-0.25, -0.2) is 13.8 Å². The van der Waals surface area contributed by atoms with Crippen LogP contribution in [0, 0.1) is 11.6 Å². The van der Waals surface area contributed by atoms with E-state index in [9.17, 15) is 13.6 Å². The second-order valence-electron chi connectivity index (χ2n) is 7.44. The summed E-state index contributed by atoms with van der Waals surface area (Å²) in [5, 5.41) is 0.352. The predicted octanol–water partition coefficient (Wildman–Crippen LogP) is 5.74. The molecule has 0 atom stereocenters. The lowest BCUT2D eigenvalue weighted by Gasteiger charge is -2.24. The molecule has 5 nitrogen and oxygen atoms in total. The minimum Gasteiger partial charge on any atom is -0.494 e. The van der Waals surface area contributed by atoms with Crippen LogP contribution in [0.2, 0.25) is 0 Å². The molecule has 3 rings (SSSR count). The summed E-state index contributed by atoms with van der Waals surface area (Å²) in [6.45, 7) is 9.58. The molecule has 1 amide bonds. The van der Waals surface area contributed by atoms with Crippen molar-refractivity contribution in [1.82, 2.24) is 9.88 Å². The molecule has 0 saturated carbocycles. The van der Waals surface area contributed by atoms with Gasteiger partial charge in [0.2, 0.25) is 0 Å². The van der Waals surface area contributed by atoms with Crippen LogP contribution in [0.5, 0.6) is 5.75 Å². The zero-order valence-corrected chi connectivity index (χ0v) is 19.6. The number of carbonyl (C=O) groups is 1. The van der Waals surface area contributed by atoms with Crippen molar-refractivity contribution in [2.24, 2.45) is 0 Å². The number of halogens is 2. The van der Waals surface area contributed by atoms with Gasteiger partial charge in [0.25, 0.3) is 5.91 Å². The lowest BCUT2D eigenvalue weighted by atomic mass is 10.2. The molecule has 1 aromatic heterocycles. The fourth-order valence-electron chi connectivity index (χ4n) is 3.31. The Kier molecular flexibility index (Phi) is 8.53. The monoisotopic (exact) mass is 461 g/mol. The first-order valence-electron chi connectivity index (χ1n) is 11.0. The minimum absolute atomic E-state index is 0.0757. The number of thiazole rings is 1. The van der Waals surface area contributed by atoms with E-state index in [1.54, 1.807) is 29.2 Å². The molecular formula is C24H29F2N3O2S. The van der Waals surface area contributed by atoms with E-state index in [0.29, 0.717) is 40.8 Å². The summed E-state index contributed by atoms with van der Waals surface area (Å²) in [7, 11) is 0. The molecule has 0 bridgehead atoms. The van der Waals surface area contributed by atoms with Gasteiger partial charge in [0.15, 0.2) is 10.9 Å². The topological polar surface area (TPSA) is 45.7 Å². The highest BCUT2D eigenvalue weighted by Crippen LogP contribution is 2.32. The molecule has 0 aliphatic rings. The van der Waals surface area contributed by atoms with Gasteiger partial charge in [-0.15, -0.1) is 0 Å². The van der Waals surface area contributed by atoms with Crippen molar-refractivity contribution in [2.75, 3.05) is 37.7 Å². The Morgan fingerprint density at radius 1 is 1.06 bits per heavy atom. The van der Waals surface area contributed by atoms with Crippen LogP contribution in [0.4, 0.5) is 13.9 Å². The summed E-state index contributed by atoms with van der Waals surface area (Å²) in [6.07, 6.45) is 2.01. The Balaban J connectivity index is 1.88. The molecule has 32 heavy (non-hydrogen) atoms. The number of ether oxygens (including phenoxy) is 1. The molecule has 0 aliphatic carbocycles. The summed E-state index contributed by atoms with van der Waals surface area (Å²) in [6, 6.07) is 9.06. The first kappa shape index (κ1) is 24.1. The Morgan fingerprint density at radius 3 is 2.44 bits per heavy atom. The SMILES string of the molecule is CCCCOc1ccc(C(=O)N(CCN(CC)CC)c2nc3c(F)cc(F)cc3s2)cc1. The van der Waals surface area contributed by atoms with E-state index in [2.05, 4.69) is 30.7 Å². The Morgan fingerprint density at radius 2 is 1.78 bits per heavy atom. The van der Waals surface area contributed by atoms with Gasteiger partial charge in [-0.2, -0.15) is 0 Å². The van der Waals surface area contributed by atoms with E-state index in [0.717, 1.165) is 43.3 Å². The maximum absolute atomic E-state index is 14.2. The number of likely N-dealkylation sites (N-methyl/N-ethyl adjacent to an activating group) is 1. The zero-order chi connectivity index (χ0) is 23.1. The van der Waals surface area contributed by atoms with Crippen LogP contribution in [0.25, 0.3) is 10.2 Å². The van der Waals surface area contributed by atoms with E-state index in [1.807, 2.05) is 0 Å². The highest BCUT2D eigenvalue weighted by Gasteiger charge is 2.23. The zero-order valence-electron chi connectivity index (χ0n) is 18.7. The average molecular weight is 462 g/mol. The lowest BCUT2D eigenvalue weighted by Crippen LogP contribution is -2.38. The van der Waals surface area contributed by atoms with Crippen LogP contribution in [-0.4, -0.2) is 48.6 Å². The number of rotatable bonds is 11. The lowest BCUT2D eigenvalue weighted by molar-refractivity contribution is 0.0983. The van der Waals surface area contributed by atoms with Crippen LogP contribution in [0.3, 0.4) is 0 Å². The summed E-state index contributed by atoms with van der Waals surface area (Å²) in [5.74, 6) is -0.920. The average Bonchev–Trinajstić information content (AvgIpc) is 3.21. The van der Waals surface area contributed by atoms with Gasteiger partial charge in [0, 0.05) is 24.7 Å². The molecule has 0 saturated heterocycles. The van der Waals surface area contributed by atoms with Crippen LogP contribution in [0.15, 0.2) is 36.4 Å². The van der Waals surface area contributed by atoms with Crippen molar-refractivity contribution in [3.63, 3.8) is 0 Å². The van der Waals surface area contributed by atoms with E-state index < -0.39 is 11.6 Å². The molecule has 2 aromatic carbocycles. The number of fused-ring (bicyclic) bond motifs is 1. The number of nitrogens with zero attached hydrogens (tertiary/aromatic N) is 3. The molecule has 0 aliphatic heterocycles. The Bertz CT molecular complexity index is 1040. The van der Waals surface area contributed by atoms with Crippen molar-refractivity contribution in [1.29, 1.82) is 0 Å². The molecule has 172 valence electrons. The van der Waals surface area contributed by atoms with Crippen molar-refractivity contribution >= 4 is 32.6 Å². The second-order valence-corrected chi connectivity index (χ2v) is 8.45. The second kappa shape index (κ2) is 11.3. The number of unbranched alkanes of at least 4 members (excludes halogenated alkanes) is 1. The van der Waals surface area contributed by atoms with Gasteiger partial charge in [0.1, 0.15) is 17.1 Å². The van der Waals surface area contributed by atoms with Crippen molar-refractivity contribution in [3.8, 4) is 5.75 Å². The fourth-order valence-corrected chi connectivity index (χ4v) is 4.34. The smallest absolute Gasteiger partial charge is 0.260 e. The summed E-state index contributed by atoms with van der Waals surface area (Å²) in [5.41, 5.74) is 0.560. The first-order valence-corrected chi connectivity index (χ1v) is 11.8. The van der Waals surface area contributed by atoms with Crippen LogP contribution < -0.4 is 9.64 Å². The quantitative estimate of drug-likeness (QED) is 0.342. The molecular weight excluding hydrogens is 432 g/mol. The number of hydrogen-bond donors (Lipinski definition) is 0. The molecule has 0 radical (unpaired) electrons. The largest absolute Gasteiger partial charge is 0.494 e. The highest BCUT2D eigenvalue weighted by molar-refractivity contribution is 7.22. The Labute approximate surface area is 191 Å². The third kappa shape index (κ3) is 5.81. The van der Waals surface area contributed by atoms with Crippen molar-refractivity contribution < 1.29 is 18.3 Å². The number of amides is 1. The first-order chi connectivity index (χ1) is 15.5. The number of carbonyl (C=O) groups excluding carboxylic acids is 1. The summed E-state index contributed by atoms with van der Waals surface area (Å²) < 4.78 is 33.9. The third-order valence-corrected chi connectivity index (χ3v) is 6.31. The Hall–Kier alpha value is -2.58. The van der Waals surface area contributed by atoms with Crippen molar-refractivity contribution in [2.45, 2.75) is 33.6 Å². The minimum atomic E-state index is -0.729. The normalized spacial score (nSPS) is 11.3. The number of aromatic nitrogens is 1. The third-order valence-electron chi connectivity index (χ3n) is 5.28. The summed E-state index contributed by atoms with van der Waals surface area (Å²) >= 11 is 1.11. The standard InChI is InChI=1S/C24H29F2N3O2S/c1-4-7-14-31-19-10-8-17(9-11-19)23(30)29(13-12-28(5-2)6-3)24-27-22-20(26)15-18(25)16-21(22)32-24/h8-11,15-16H,4-7,12-14H2,1-3H3. The van der Waals surface area contributed by atoms with E-state index in [1.165, 1.54) is 6.07 Å². The molecule has 8 heteroatoms. The number of hydrogen-bond acceptors (Lipinski definition) is 5. The van der Waals surface area contributed by atoms with Crippen molar-refractivity contribution in [3.05, 3.63) is 53.6 Å². The molecule has 1 heterocycles. The predicted molar refractivity (Wildman–Crippen MR) is 126 cm³/mol. The molecule has 0 fully saturated rings. The number of benzene rings is 2. The van der Waals surface area contributed by atoms with Crippen LogP contribution in [-0.2, 0) is 0 Å².